The van der Waals surface area contributed by atoms with E-state index in [1.165, 1.54) is 30.3 Å². The van der Waals surface area contributed by atoms with Crippen molar-refractivity contribution in [2.75, 3.05) is 13.1 Å². The monoisotopic (exact) mass is 397 g/mol. The fourth-order valence-corrected chi connectivity index (χ4v) is 3.42. The summed E-state index contributed by atoms with van der Waals surface area (Å²) in [6.07, 6.45) is 3.44. The molecule has 0 spiro atoms. The number of carbonyl (C=O) groups is 1. The van der Waals surface area contributed by atoms with Crippen LogP contribution in [0.3, 0.4) is 0 Å². The lowest BCUT2D eigenvalue weighted by molar-refractivity contribution is 0.0663. The van der Waals surface area contributed by atoms with E-state index in [-0.39, 0.29) is 23.3 Å². The van der Waals surface area contributed by atoms with Gasteiger partial charge < -0.3 is 10.6 Å². The summed E-state index contributed by atoms with van der Waals surface area (Å²) in [7, 11) is 0. The Balaban J connectivity index is 1.58. The molecule has 3 heterocycles. The average Bonchev–Trinajstić information content (AvgIpc) is 3.24. The third kappa shape index (κ3) is 3.79. The van der Waals surface area contributed by atoms with Crippen LogP contribution in [-0.4, -0.2) is 48.7 Å². The summed E-state index contributed by atoms with van der Waals surface area (Å²) < 4.78 is 16.7. The normalized spacial score (nSPS) is 16.8. The lowest BCUT2D eigenvalue weighted by Crippen LogP contribution is -2.41. The summed E-state index contributed by atoms with van der Waals surface area (Å²) in [5.74, 6) is -0.912. The molecule has 9 nitrogen and oxygen atoms in total. The highest BCUT2D eigenvalue weighted by Crippen LogP contribution is 2.22. The van der Waals surface area contributed by atoms with Crippen LogP contribution in [0.1, 0.15) is 35.1 Å². The Morgan fingerprint density at radius 3 is 2.83 bits per heavy atom. The molecule has 0 radical (unpaired) electrons. The molecule has 4 rings (SSSR count). The standard InChI is InChI=1S/C19H20FN7O2/c20-15-5-1-2-6-17(15)27-18(28)8-7-16(23-27)19(29)25-9-3-4-14(12-25)26-11-13(10-21)22-24-26/h1-2,5-8,11,14H,3-4,9-10,12,21H2. The molecule has 1 aromatic carbocycles. The maximum atomic E-state index is 14.1. The second-order valence-corrected chi connectivity index (χ2v) is 6.86. The van der Waals surface area contributed by atoms with E-state index >= 15 is 0 Å². The minimum Gasteiger partial charge on any atom is -0.335 e. The first-order valence-corrected chi connectivity index (χ1v) is 9.32. The quantitative estimate of drug-likeness (QED) is 0.700. The number of para-hydroxylation sites is 1. The van der Waals surface area contributed by atoms with E-state index in [0.29, 0.717) is 25.3 Å². The number of likely N-dealkylation sites (tertiary alicyclic amines) is 1. The van der Waals surface area contributed by atoms with Gasteiger partial charge in [-0.05, 0) is 31.0 Å². The van der Waals surface area contributed by atoms with Crippen LogP contribution in [0.4, 0.5) is 4.39 Å². The molecule has 1 aliphatic heterocycles. The number of carbonyl (C=O) groups excluding carboxylic acids is 1. The molecule has 0 saturated carbocycles. The first-order chi connectivity index (χ1) is 14.1. The molecule has 0 bridgehead atoms. The lowest BCUT2D eigenvalue weighted by atomic mass is 10.1. The molecule has 2 aromatic heterocycles. The van der Waals surface area contributed by atoms with Crippen LogP contribution < -0.4 is 11.3 Å². The van der Waals surface area contributed by atoms with E-state index in [1.54, 1.807) is 21.8 Å². The number of halogens is 1. The van der Waals surface area contributed by atoms with Crippen molar-refractivity contribution in [1.82, 2.24) is 29.7 Å². The highest BCUT2D eigenvalue weighted by molar-refractivity contribution is 5.92. The van der Waals surface area contributed by atoms with Crippen LogP contribution in [0.2, 0.25) is 0 Å². The smallest absolute Gasteiger partial charge is 0.274 e. The maximum absolute atomic E-state index is 14.1. The second kappa shape index (κ2) is 7.92. The minimum absolute atomic E-state index is 0.000556. The Bertz CT molecular complexity index is 1090. The summed E-state index contributed by atoms with van der Waals surface area (Å²) in [6.45, 7) is 1.30. The molecule has 1 amide bonds. The summed E-state index contributed by atoms with van der Waals surface area (Å²) in [4.78, 5) is 26.8. The van der Waals surface area contributed by atoms with Gasteiger partial charge in [-0.15, -0.1) is 5.10 Å². The van der Waals surface area contributed by atoms with Crippen molar-refractivity contribution < 1.29 is 9.18 Å². The largest absolute Gasteiger partial charge is 0.335 e. The van der Waals surface area contributed by atoms with Gasteiger partial charge in [-0.25, -0.2) is 9.07 Å². The molecule has 0 aliphatic carbocycles. The average molecular weight is 397 g/mol. The van der Waals surface area contributed by atoms with Crippen LogP contribution in [0, 0.1) is 5.82 Å². The predicted molar refractivity (Wildman–Crippen MR) is 102 cm³/mol. The molecule has 2 N–H and O–H groups in total. The Hall–Kier alpha value is -3.40. The van der Waals surface area contributed by atoms with Gasteiger partial charge in [0.05, 0.1) is 17.9 Å². The number of nitrogens with two attached hydrogens (primary N) is 1. The number of rotatable bonds is 4. The number of benzene rings is 1. The Morgan fingerprint density at radius 2 is 2.07 bits per heavy atom. The van der Waals surface area contributed by atoms with Crippen LogP contribution in [0.25, 0.3) is 5.69 Å². The number of amides is 1. The van der Waals surface area contributed by atoms with E-state index < -0.39 is 11.4 Å². The van der Waals surface area contributed by atoms with Crippen molar-refractivity contribution in [2.24, 2.45) is 5.73 Å². The van der Waals surface area contributed by atoms with E-state index in [9.17, 15) is 14.0 Å². The minimum atomic E-state index is -0.591. The molecule has 1 atom stereocenters. The number of piperidine rings is 1. The molecular formula is C19H20FN7O2. The van der Waals surface area contributed by atoms with Crippen LogP contribution in [0.5, 0.6) is 0 Å². The number of nitrogens with zero attached hydrogens (tertiary/aromatic N) is 6. The first kappa shape index (κ1) is 18.9. The van der Waals surface area contributed by atoms with Crippen molar-refractivity contribution in [3.8, 4) is 5.69 Å². The topological polar surface area (TPSA) is 112 Å². The van der Waals surface area contributed by atoms with Crippen molar-refractivity contribution in [3.63, 3.8) is 0 Å². The van der Waals surface area contributed by atoms with Gasteiger partial charge in [-0.3, -0.25) is 9.59 Å². The number of aromatic nitrogens is 5. The number of hydrogen-bond donors (Lipinski definition) is 1. The number of hydrogen-bond acceptors (Lipinski definition) is 6. The van der Waals surface area contributed by atoms with Gasteiger partial charge in [0.1, 0.15) is 17.2 Å². The highest BCUT2D eigenvalue weighted by atomic mass is 19.1. The van der Waals surface area contributed by atoms with Gasteiger partial charge in [0.15, 0.2) is 0 Å². The van der Waals surface area contributed by atoms with Gasteiger partial charge in [-0.1, -0.05) is 17.3 Å². The molecular weight excluding hydrogens is 377 g/mol. The van der Waals surface area contributed by atoms with Gasteiger partial charge in [0, 0.05) is 25.7 Å². The predicted octanol–water partition coefficient (Wildman–Crippen LogP) is 0.899. The Morgan fingerprint density at radius 1 is 1.24 bits per heavy atom. The zero-order valence-electron chi connectivity index (χ0n) is 15.6. The molecule has 10 heteroatoms. The summed E-state index contributed by atoms with van der Waals surface area (Å²) in [6, 6.07) is 8.37. The lowest BCUT2D eigenvalue weighted by Gasteiger charge is -2.32. The van der Waals surface area contributed by atoms with Crippen LogP contribution in [0.15, 0.2) is 47.4 Å². The molecule has 150 valence electrons. The molecule has 1 fully saturated rings. The molecule has 1 saturated heterocycles. The highest BCUT2D eigenvalue weighted by Gasteiger charge is 2.27. The first-order valence-electron chi connectivity index (χ1n) is 9.32. The van der Waals surface area contributed by atoms with Crippen LogP contribution >= 0.6 is 0 Å². The zero-order valence-corrected chi connectivity index (χ0v) is 15.6. The Labute approximate surface area is 165 Å². The molecule has 3 aromatic rings. The van der Waals surface area contributed by atoms with Gasteiger partial charge in [0.25, 0.3) is 11.5 Å². The van der Waals surface area contributed by atoms with Gasteiger partial charge >= 0.3 is 0 Å². The van der Waals surface area contributed by atoms with E-state index in [1.807, 2.05) is 0 Å². The third-order valence-electron chi connectivity index (χ3n) is 4.92. The van der Waals surface area contributed by atoms with Crippen molar-refractivity contribution >= 4 is 5.91 Å². The summed E-state index contributed by atoms with van der Waals surface area (Å²) in [5, 5.41) is 12.2. The Kier molecular flexibility index (Phi) is 5.17. The van der Waals surface area contributed by atoms with Gasteiger partial charge in [0.2, 0.25) is 0 Å². The SMILES string of the molecule is NCc1cn(C2CCCN(C(=O)c3ccc(=O)n(-c4ccccc4F)n3)C2)nn1. The summed E-state index contributed by atoms with van der Waals surface area (Å²) >= 11 is 0. The second-order valence-electron chi connectivity index (χ2n) is 6.86. The van der Waals surface area contributed by atoms with E-state index in [4.69, 9.17) is 5.73 Å². The van der Waals surface area contributed by atoms with Gasteiger partial charge in [-0.2, -0.15) is 9.78 Å². The van der Waals surface area contributed by atoms with E-state index in [2.05, 4.69) is 15.4 Å². The maximum Gasteiger partial charge on any atom is 0.274 e. The van der Waals surface area contributed by atoms with Crippen molar-refractivity contribution in [2.45, 2.75) is 25.4 Å². The third-order valence-corrected chi connectivity index (χ3v) is 4.92. The molecule has 1 aliphatic rings. The fourth-order valence-electron chi connectivity index (χ4n) is 3.42. The zero-order chi connectivity index (χ0) is 20.4. The van der Waals surface area contributed by atoms with E-state index in [0.717, 1.165) is 17.5 Å². The molecule has 29 heavy (non-hydrogen) atoms. The molecule has 1 unspecified atom stereocenters. The summed E-state index contributed by atoms with van der Waals surface area (Å²) in [5.41, 5.74) is 5.84. The fraction of sp³-hybridized carbons (Fsp3) is 0.316. The van der Waals surface area contributed by atoms with Crippen molar-refractivity contribution in [3.05, 3.63) is 70.2 Å². The van der Waals surface area contributed by atoms with Crippen molar-refractivity contribution in [1.29, 1.82) is 0 Å². The van der Waals surface area contributed by atoms with Crippen LogP contribution in [-0.2, 0) is 6.54 Å².